The van der Waals surface area contributed by atoms with Crippen LogP contribution in [0.5, 0.6) is 0 Å². The standard InChI is InChI=1S/C19H19N9O3S/c1-19(2)7-11-15(13(29)8-19)16(27-17(21-11)22-24-25-27)10-4-5-14(12(6-10)28(30)31)32-18-23-20-9-26(18)3/h4-7,9,15-16H,8H2,1-3H3,(H,21,22,25)/t15-,16+/m0/s1. The Kier molecular flexibility index (Phi) is 4.58. The van der Waals surface area contributed by atoms with Crippen LogP contribution in [-0.4, -0.2) is 45.7 Å². The molecule has 3 heterocycles. The number of carbonyl (C=O) groups excluding carboxylic acids is 1. The topological polar surface area (TPSA) is 147 Å². The molecular weight excluding hydrogens is 434 g/mol. The predicted molar refractivity (Wildman–Crippen MR) is 113 cm³/mol. The van der Waals surface area contributed by atoms with Crippen LogP contribution in [0.3, 0.4) is 0 Å². The molecule has 12 nitrogen and oxygen atoms in total. The number of Topliss-reactive ketones (excluding diaryl/α,β-unsaturated/α-hetero) is 1. The summed E-state index contributed by atoms with van der Waals surface area (Å²) < 4.78 is 3.20. The van der Waals surface area contributed by atoms with Crippen LogP contribution >= 0.6 is 11.8 Å². The molecule has 2 atom stereocenters. The zero-order chi connectivity index (χ0) is 22.6. The second kappa shape index (κ2) is 7.22. The molecule has 3 aromatic rings. The summed E-state index contributed by atoms with van der Waals surface area (Å²) >= 11 is 1.15. The van der Waals surface area contributed by atoms with Gasteiger partial charge >= 0.3 is 0 Å². The van der Waals surface area contributed by atoms with Gasteiger partial charge in [-0.25, -0.2) is 4.68 Å². The maximum atomic E-state index is 13.2. The van der Waals surface area contributed by atoms with Crippen molar-refractivity contribution in [2.75, 3.05) is 5.32 Å². The van der Waals surface area contributed by atoms with Crippen molar-refractivity contribution in [3.8, 4) is 0 Å². The van der Waals surface area contributed by atoms with Crippen molar-refractivity contribution in [3.05, 3.63) is 52.0 Å². The lowest BCUT2D eigenvalue weighted by molar-refractivity contribution is -0.387. The molecule has 13 heteroatoms. The lowest BCUT2D eigenvalue weighted by atomic mass is 9.72. The summed E-state index contributed by atoms with van der Waals surface area (Å²) in [6.07, 6.45) is 3.91. The van der Waals surface area contributed by atoms with Crippen LogP contribution in [0.4, 0.5) is 11.6 Å². The third kappa shape index (κ3) is 3.34. The second-order valence-electron chi connectivity index (χ2n) is 8.54. The van der Waals surface area contributed by atoms with Gasteiger partial charge in [0, 0.05) is 25.2 Å². The van der Waals surface area contributed by atoms with E-state index in [2.05, 4.69) is 31.0 Å². The van der Waals surface area contributed by atoms with Crippen LogP contribution < -0.4 is 5.32 Å². The van der Waals surface area contributed by atoms with Crippen molar-refractivity contribution in [1.29, 1.82) is 0 Å². The number of hydrogen-bond acceptors (Lipinski definition) is 10. The average Bonchev–Trinajstić information content (AvgIpc) is 3.34. The van der Waals surface area contributed by atoms with Crippen LogP contribution in [0.2, 0.25) is 0 Å². The summed E-state index contributed by atoms with van der Waals surface area (Å²) in [7, 11) is 1.76. The van der Waals surface area contributed by atoms with Gasteiger partial charge in [0.25, 0.3) is 5.69 Å². The molecule has 0 amide bonds. The number of allylic oxidation sites excluding steroid dienone is 2. The Hall–Kier alpha value is -3.61. The highest BCUT2D eigenvalue weighted by Crippen LogP contribution is 2.46. The maximum Gasteiger partial charge on any atom is 0.283 e. The number of anilines is 1. The fourth-order valence-corrected chi connectivity index (χ4v) is 5.08. The van der Waals surface area contributed by atoms with Gasteiger partial charge in [0.05, 0.1) is 21.8 Å². The van der Waals surface area contributed by atoms with E-state index in [0.29, 0.717) is 28.0 Å². The largest absolute Gasteiger partial charge is 0.326 e. The van der Waals surface area contributed by atoms with Gasteiger partial charge in [0.1, 0.15) is 12.1 Å². The number of nitro benzene ring substituents is 1. The summed E-state index contributed by atoms with van der Waals surface area (Å²) in [5.41, 5.74) is 0.910. The number of aromatic nitrogens is 7. The second-order valence-corrected chi connectivity index (χ2v) is 9.55. The molecule has 0 unspecified atom stereocenters. The molecule has 0 saturated heterocycles. The first-order valence-electron chi connectivity index (χ1n) is 9.84. The molecule has 0 radical (unpaired) electrons. The van der Waals surface area contributed by atoms with Crippen molar-refractivity contribution >= 4 is 29.2 Å². The van der Waals surface area contributed by atoms with Crippen LogP contribution in [0.1, 0.15) is 31.9 Å². The van der Waals surface area contributed by atoms with Gasteiger partial charge in [-0.15, -0.1) is 10.2 Å². The number of nitrogens with one attached hydrogen (secondary N) is 1. The number of benzene rings is 1. The third-order valence-electron chi connectivity index (χ3n) is 5.58. The molecule has 5 rings (SSSR count). The van der Waals surface area contributed by atoms with Crippen molar-refractivity contribution in [2.24, 2.45) is 18.4 Å². The molecule has 1 aromatic carbocycles. The van der Waals surface area contributed by atoms with E-state index >= 15 is 0 Å². The fourth-order valence-electron chi connectivity index (χ4n) is 4.23. The van der Waals surface area contributed by atoms with Gasteiger partial charge in [-0.3, -0.25) is 14.9 Å². The number of tetrazole rings is 1. The van der Waals surface area contributed by atoms with Gasteiger partial charge in [-0.1, -0.05) is 31.1 Å². The number of hydrogen-bond donors (Lipinski definition) is 1. The molecule has 1 aliphatic carbocycles. The number of carbonyl (C=O) groups is 1. The molecule has 0 bridgehead atoms. The van der Waals surface area contributed by atoms with Crippen LogP contribution in [0.15, 0.2) is 46.4 Å². The van der Waals surface area contributed by atoms with E-state index in [1.54, 1.807) is 23.7 Å². The summed E-state index contributed by atoms with van der Waals surface area (Å²) in [6, 6.07) is 4.34. The summed E-state index contributed by atoms with van der Waals surface area (Å²) in [5, 5.41) is 35.2. The molecule has 0 saturated carbocycles. The van der Waals surface area contributed by atoms with Gasteiger partial charge in [-0.2, -0.15) is 0 Å². The van der Waals surface area contributed by atoms with E-state index in [-0.39, 0.29) is 16.9 Å². The minimum Gasteiger partial charge on any atom is -0.326 e. The van der Waals surface area contributed by atoms with E-state index in [1.165, 1.54) is 17.1 Å². The summed E-state index contributed by atoms with van der Waals surface area (Å²) in [5.74, 6) is -0.134. The number of nitro groups is 1. The zero-order valence-corrected chi connectivity index (χ0v) is 18.3. The van der Waals surface area contributed by atoms with Gasteiger partial charge in [-0.05, 0) is 39.2 Å². The van der Waals surface area contributed by atoms with Gasteiger partial charge < -0.3 is 9.88 Å². The molecule has 2 aromatic heterocycles. The number of aryl methyl sites for hydroxylation is 1. The molecule has 0 fully saturated rings. The minimum atomic E-state index is -0.594. The Bertz CT molecular complexity index is 1280. The summed E-state index contributed by atoms with van der Waals surface area (Å²) in [4.78, 5) is 25.1. The van der Waals surface area contributed by atoms with Gasteiger partial charge in [0.2, 0.25) is 5.95 Å². The first kappa shape index (κ1) is 20.3. The van der Waals surface area contributed by atoms with Crippen LogP contribution in [0.25, 0.3) is 0 Å². The molecule has 164 valence electrons. The van der Waals surface area contributed by atoms with E-state index in [4.69, 9.17) is 0 Å². The Morgan fingerprint density at radius 3 is 2.84 bits per heavy atom. The minimum absolute atomic E-state index is 0.0336. The van der Waals surface area contributed by atoms with Gasteiger partial charge in [0.15, 0.2) is 5.16 Å². The smallest absolute Gasteiger partial charge is 0.283 e. The van der Waals surface area contributed by atoms with E-state index in [1.807, 2.05) is 19.9 Å². The fraction of sp³-hybridized carbons (Fsp3) is 0.368. The normalized spacial score (nSPS) is 21.3. The highest BCUT2D eigenvalue weighted by molar-refractivity contribution is 7.99. The molecular formula is C19H19N9O3S. The zero-order valence-electron chi connectivity index (χ0n) is 17.5. The number of nitrogens with zero attached hydrogens (tertiary/aromatic N) is 8. The Morgan fingerprint density at radius 1 is 1.31 bits per heavy atom. The lowest BCUT2D eigenvalue weighted by Gasteiger charge is -2.39. The Balaban J connectivity index is 1.62. The Labute approximate surface area is 186 Å². The third-order valence-corrected chi connectivity index (χ3v) is 6.70. The number of fused-ring (bicyclic) bond motifs is 2. The van der Waals surface area contributed by atoms with Crippen molar-refractivity contribution in [1.82, 2.24) is 35.0 Å². The lowest BCUT2D eigenvalue weighted by Crippen LogP contribution is -2.42. The SMILES string of the molecule is Cn1cnnc1Sc1ccc([C@@H]2[C@@H]3C(=O)CC(C)(C)C=C3Nc3nnnn32)cc1[N+](=O)[O-]. The van der Waals surface area contributed by atoms with E-state index in [0.717, 1.165) is 17.5 Å². The first-order chi connectivity index (χ1) is 15.2. The highest BCUT2D eigenvalue weighted by Gasteiger charge is 2.45. The van der Waals surface area contributed by atoms with E-state index < -0.39 is 16.9 Å². The molecule has 1 aliphatic heterocycles. The molecule has 1 N–H and O–H groups in total. The molecule has 0 spiro atoms. The van der Waals surface area contributed by atoms with Crippen LogP contribution in [0, 0.1) is 21.4 Å². The molecule has 2 aliphatic rings. The predicted octanol–water partition coefficient (Wildman–Crippen LogP) is 2.38. The summed E-state index contributed by atoms with van der Waals surface area (Å²) in [6.45, 7) is 3.98. The first-order valence-corrected chi connectivity index (χ1v) is 10.7. The monoisotopic (exact) mass is 453 g/mol. The van der Waals surface area contributed by atoms with Crippen molar-refractivity contribution in [2.45, 2.75) is 36.4 Å². The number of rotatable bonds is 4. The quantitative estimate of drug-likeness (QED) is 0.461. The van der Waals surface area contributed by atoms with Crippen molar-refractivity contribution < 1.29 is 9.72 Å². The highest BCUT2D eigenvalue weighted by atomic mass is 32.2. The van der Waals surface area contributed by atoms with E-state index in [9.17, 15) is 14.9 Å². The van der Waals surface area contributed by atoms with Crippen molar-refractivity contribution in [3.63, 3.8) is 0 Å². The van der Waals surface area contributed by atoms with Crippen LogP contribution in [-0.2, 0) is 11.8 Å². The number of ketones is 1. The Morgan fingerprint density at radius 2 is 2.12 bits per heavy atom. The average molecular weight is 453 g/mol. The molecule has 32 heavy (non-hydrogen) atoms. The maximum absolute atomic E-state index is 13.2.